The Kier molecular flexibility index (Phi) is 4.89. The fourth-order valence-electron chi connectivity index (χ4n) is 2.64. The SMILES string of the molecule is O=C(O)c1ccc(Cl)cc1S(=O)(=O)N1CCN(c2cnccn2)CC1. The van der Waals surface area contributed by atoms with Gasteiger partial charge < -0.3 is 10.0 Å². The molecule has 1 aromatic carbocycles. The monoisotopic (exact) mass is 382 g/mol. The summed E-state index contributed by atoms with van der Waals surface area (Å²) in [6, 6.07) is 3.73. The number of nitrogens with zero attached hydrogens (tertiary/aromatic N) is 4. The molecule has 0 aliphatic carbocycles. The molecule has 0 saturated carbocycles. The number of rotatable bonds is 4. The minimum atomic E-state index is -3.96. The maximum Gasteiger partial charge on any atom is 0.337 e. The van der Waals surface area contributed by atoms with Gasteiger partial charge in [0.05, 0.1) is 16.7 Å². The van der Waals surface area contributed by atoms with Gasteiger partial charge in [-0.3, -0.25) is 4.98 Å². The fraction of sp³-hybridized carbons (Fsp3) is 0.267. The van der Waals surface area contributed by atoms with Crippen molar-refractivity contribution in [3.8, 4) is 0 Å². The molecule has 10 heteroatoms. The van der Waals surface area contributed by atoms with Crippen LogP contribution in [0.25, 0.3) is 0 Å². The van der Waals surface area contributed by atoms with Crippen molar-refractivity contribution in [1.82, 2.24) is 14.3 Å². The van der Waals surface area contributed by atoms with E-state index in [0.717, 1.165) is 0 Å². The number of hydrogen-bond donors (Lipinski definition) is 1. The lowest BCUT2D eigenvalue weighted by Crippen LogP contribution is -2.49. The molecule has 2 heterocycles. The van der Waals surface area contributed by atoms with Crippen LogP contribution in [0.1, 0.15) is 10.4 Å². The molecule has 3 rings (SSSR count). The fourth-order valence-corrected chi connectivity index (χ4v) is 4.51. The standard InChI is InChI=1S/C15H15ClN4O4S/c16-11-1-2-12(15(21)22)13(9-11)25(23,24)20-7-5-19(6-8-20)14-10-17-3-4-18-14/h1-4,9-10H,5-8H2,(H,21,22). The third-order valence-electron chi connectivity index (χ3n) is 3.90. The third kappa shape index (κ3) is 3.58. The minimum absolute atomic E-state index is 0.168. The molecule has 25 heavy (non-hydrogen) atoms. The molecule has 8 nitrogen and oxygen atoms in total. The predicted octanol–water partition coefficient (Wildman–Crippen LogP) is 1.34. The van der Waals surface area contributed by atoms with Crippen molar-refractivity contribution in [2.24, 2.45) is 0 Å². The van der Waals surface area contributed by atoms with Gasteiger partial charge in [0.15, 0.2) is 0 Å². The van der Waals surface area contributed by atoms with E-state index < -0.39 is 16.0 Å². The van der Waals surface area contributed by atoms with Crippen LogP contribution < -0.4 is 4.90 Å². The van der Waals surface area contributed by atoms with Gasteiger partial charge >= 0.3 is 5.97 Å². The second-order valence-electron chi connectivity index (χ2n) is 5.40. The van der Waals surface area contributed by atoms with Gasteiger partial charge in [0.25, 0.3) is 0 Å². The van der Waals surface area contributed by atoms with Crippen molar-refractivity contribution in [1.29, 1.82) is 0 Å². The third-order valence-corrected chi connectivity index (χ3v) is 6.08. The summed E-state index contributed by atoms with van der Waals surface area (Å²) in [6.07, 6.45) is 4.75. The van der Waals surface area contributed by atoms with Gasteiger partial charge in [0.1, 0.15) is 5.82 Å². The highest BCUT2D eigenvalue weighted by atomic mass is 35.5. The lowest BCUT2D eigenvalue weighted by molar-refractivity contribution is 0.0692. The second kappa shape index (κ2) is 6.95. The summed E-state index contributed by atoms with van der Waals surface area (Å²) in [7, 11) is -3.96. The smallest absolute Gasteiger partial charge is 0.337 e. The van der Waals surface area contributed by atoms with Crippen LogP contribution in [0.3, 0.4) is 0 Å². The number of benzene rings is 1. The van der Waals surface area contributed by atoms with Crippen LogP contribution in [0, 0.1) is 0 Å². The van der Waals surface area contributed by atoms with Crippen LogP contribution in [0.2, 0.25) is 5.02 Å². The van der Waals surface area contributed by atoms with E-state index in [1.165, 1.54) is 22.5 Å². The van der Waals surface area contributed by atoms with Crippen LogP contribution >= 0.6 is 11.6 Å². The molecule has 1 saturated heterocycles. The summed E-state index contributed by atoms with van der Waals surface area (Å²) < 4.78 is 27.0. The zero-order valence-electron chi connectivity index (χ0n) is 13.0. The summed E-state index contributed by atoms with van der Waals surface area (Å²) >= 11 is 5.87. The maximum atomic E-state index is 12.9. The molecular formula is C15H15ClN4O4S. The number of aromatic nitrogens is 2. The summed E-state index contributed by atoms with van der Waals surface area (Å²) in [5, 5.41) is 9.43. The normalized spacial score (nSPS) is 16.0. The topological polar surface area (TPSA) is 104 Å². The second-order valence-corrected chi connectivity index (χ2v) is 7.74. The van der Waals surface area contributed by atoms with E-state index in [1.807, 2.05) is 4.90 Å². The highest BCUT2D eigenvalue weighted by molar-refractivity contribution is 7.89. The molecule has 0 amide bonds. The Balaban J connectivity index is 1.83. The molecule has 0 spiro atoms. The van der Waals surface area contributed by atoms with Gasteiger partial charge in [-0.2, -0.15) is 4.31 Å². The molecule has 0 atom stereocenters. The number of carboxylic acid groups (broad SMARTS) is 1. The number of sulfonamides is 1. The van der Waals surface area contributed by atoms with E-state index >= 15 is 0 Å². The number of carboxylic acids is 1. The van der Waals surface area contributed by atoms with E-state index in [0.29, 0.717) is 18.9 Å². The zero-order valence-corrected chi connectivity index (χ0v) is 14.6. The molecule has 1 N–H and O–H groups in total. The molecule has 0 radical (unpaired) electrons. The average Bonchev–Trinajstić information content (AvgIpc) is 2.62. The Hall–Kier alpha value is -2.23. The van der Waals surface area contributed by atoms with Gasteiger partial charge in [-0.25, -0.2) is 18.2 Å². The number of piperazine rings is 1. The summed E-state index contributed by atoms with van der Waals surface area (Å²) in [5.74, 6) is -0.637. The van der Waals surface area contributed by atoms with Gasteiger partial charge in [-0.15, -0.1) is 0 Å². The van der Waals surface area contributed by atoms with Crippen LogP contribution in [-0.2, 0) is 10.0 Å². The van der Waals surface area contributed by atoms with Crippen molar-refractivity contribution in [2.75, 3.05) is 31.1 Å². The Morgan fingerprint density at radius 2 is 1.88 bits per heavy atom. The van der Waals surface area contributed by atoms with Crippen molar-refractivity contribution < 1.29 is 18.3 Å². The van der Waals surface area contributed by atoms with Crippen molar-refractivity contribution in [2.45, 2.75) is 4.90 Å². The molecule has 132 valence electrons. The summed E-state index contributed by atoms with van der Waals surface area (Å²) in [4.78, 5) is 21.2. The maximum absolute atomic E-state index is 12.9. The quantitative estimate of drug-likeness (QED) is 0.850. The van der Waals surface area contributed by atoms with Gasteiger partial charge in [0, 0.05) is 43.6 Å². The largest absolute Gasteiger partial charge is 0.478 e. The predicted molar refractivity (Wildman–Crippen MR) is 91.4 cm³/mol. The Labute approximate surface area is 149 Å². The minimum Gasteiger partial charge on any atom is -0.478 e. The molecule has 0 unspecified atom stereocenters. The lowest BCUT2D eigenvalue weighted by Gasteiger charge is -2.34. The Bertz CT molecular complexity index is 884. The van der Waals surface area contributed by atoms with E-state index in [-0.39, 0.29) is 28.6 Å². The summed E-state index contributed by atoms with van der Waals surface area (Å²) in [6.45, 7) is 1.29. The molecule has 0 bridgehead atoms. The van der Waals surface area contributed by atoms with Gasteiger partial charge in [-0.05, 0) is 18.2 Å². The van der Waals surface area contributed by atoms with E-state index in [2.05, 4.69) is 9.97 Å². The van der Waals surface area contributed by atoms with Crippen LogP contribution in [0.5, 0.6) is 0 Å². The van der Waals surface area contributed by atoms with Crippen LogP contribution in [-0.4, -0.2) is 59.9 Å². The van der Waals surface area contributed by atoms with Gasteiger partial charge in [-0.1, -0.05) is 11.6 Å². The Morgan fingerprint density at radius 3 is 2.48 bits per heavy atom. The number of aromatic carboxylic acids is 1. The molecule has 1 aromatic heterocycles. The van der Waals surface area contributed by atoms with E-state index in [4.69, 9.17) is 11.6 Å². The first kappa shape index (κ1) is 17.6. The number of anilines is 1. The average molecular weight is 383 g/mol. The van der Waals surface area contributed by atoms with E-state index in [1.54, 1.807) is 18.6 Å². The molecule has 1 aliphatic rings. The number of halogens is 1. The van der Waals surface area contributed by atoms with E-state index in [9.17, 15) is 18.3 Å². The van der Waals surface area contributed by atoms with Gasteiger partial charge in [0.2, 0.25) is 10.0 Å². The zero-order chi connectivity index (χ0) is 18.0. The number of hydrogen-bond acceptors (Lipinski definition) is 6. The highest BCUT2D eigenvalue weighted by Gasteiger charge is 2.32. The first-order valence-corrected chi connectivity index (χ1v) is 9.25. The van der Waals surface area contributed by atoms with Crippen molar-refractivity contribution in [3.63, 3.8) is 0 Å². The molecular weight excluding hydrogens is 368 g/mol. The number of carbonyl (C=O) groups is 1. The first-order chi connectivity index (χ1) is 11.9. The molecule has 2 aromatic rings. The molecule has 1 aliphatic heterocycles. The van der Waals surface area contributed by atoms with Crippen molar-refractivity contribution >= 4 is 33.4 Å². The highest BCUT2D eigenvalue weighted by Crippen LogP contribution is 2.25. The van der Waals surface area contributed by atoms with Crippen LogP contribution in [0.4, 0.5) is 5.82 Å². The van der Waals surface area contributed by atoms with Crippen LogP contribution in [0.15, 0.2) is 41.7 Å². The lowest BCUT2D eigenvalue weighted by atomic mass is 10.2. The van der Waals surface area contributed by atoms with Crippen molar-refractivity contribution in [3.05, 3.63) is 47.4 Å². The summed E-state index contributed by atoms with van der Waals surface area (Å²) in [5.41, 5.74) is -0.291. The first-order valence-electron chi connectivity index (χ1n) is 7.43. The molecule has 1 fully saturated rings. The Morgan fingerprint density at radius 1 is 1.16 bits per heavy atom.